The maximum Gasteiger partial charge on any atom is 0.260 e. The lowest BCUT2D eigenvalue weighted by Gasteiger charge is -2.10. The highest BCUT2D eigenvalue weighted by Gasteiger charge is 2.13. The number of nitrogens with one attached hydrogen (secondary N) is 2. The maximum absolute atomic E-state index is 13.7. The van der Waals surface area contributed by atoms with Crippen molar-refractivity contribution < 1.29 is 13.6 Å². The summed E-state index contributed by atoms with van der Waals surface area (Å²) >= 11 is 5.17. The molecule has 7 heteroatoms. The molecule has 5 nitrogen and oxygen atoms in total. The van der Waals surface area contributed by atoms with Crippen LogP contribution < -0.4 is 10.6 Å². The zero-order valence-corrected chi connectivity index (χ0v) is 18.5. The van der Waals surface area contributed by atoms with Crippen molar-refractivity contribution in [2.24, 2.45) is 0 Å². The molecule has 1 atom stereocenters. The monoisotopic (exact) mass is 447 g/mol. The highest BCUT2D eigenvalue weighted by atomic mass is 32.1. The fourth-order valence-corrected chi connectivity index (χ4v) is 3.49. The summed E-state index contributed by atoms with van der Waals surface area (Å²) in [6, 6.07) is 19.1. The van der Waals surface area contributed by atoms with Gasteiger partial charge in [-0.15, -0.1) is 0 Å². The first-order chi connectivity index (χ1) is 15.4. The molecule has 0 saturated carbocycles. The third-order valence-electron chi connectivity index (χ3n) is 5.33. The van der Waals surface area contributed by atoms with Gasteiger partial charge in [-0.2, -0.15) is 0 Å². The maximum atomic E-state index is 13.7. The van der Waals surface area contributed by atoms with Crippen LogP contribution in [0.4, 0.5) is 10.1 Å². The minimum absolute atomic E-state index is 0.0700. The van der Waals surface area contributed by atoms with Gasteiger partial charge >= 0.3 is 0 Å². The topological polar surface area (TPSA) is 67.2 Å². The molecule has 0 saturated heterocycles. The molecule has 0 aliphatic carbocycles. The summed E-state index contributed by atoms with van der Waals surface area (Å²) in [6.45, 7) is 4.35. The van der Waals surface area contributed by atoms with Crippen molar-refractivity contribution in [3.05, 3.63) is 83.7 Å². The smallest absolute Gasteiger partial charge is 0.260 e. The highest BCUT2D eigenvalue weighted by Crippen LogP contribution is 2.28. The van der Waals surface area contributed by atoms with Crippen LogP contribution in [0.25, 0.3) is 22.6 Å². The molecule has 0 spiro atoms. The van der Waals surface area contributed by atoms with Gasteiger partial charge in [0, 0.05) is 11.3 Å². The first kappa shape index (κ1) is 21.6. The fourth-order valence-electron chi connectivity index (χ4n) is 3.28. The molecule has 0 aliphatic rings. The largest absolute Gasteiger partial charge is 0.436 e. The number of amides is 1. The predicted molar refractivity (Wildman–Crippen MR) is 128 cm³/mol. The van der Waals surface area contributed by atoms with E-state index >= 15 is 0 Å². The van der Waals surface area contributed by atoms with E-state index in [4.69, 9.17) is 16.6 Å². The van der Waals surface area contributed by atoms with E-state index in [2.05, 4.69) is 41.6 Å². The summed E-state index contributed by atoms with van der Waals surface area (Å²) in [5, 5.41) is 5.47. The number of carbonyl (C=O) groups is 1. The summed E-state index contributed by atoms with van der Waals surface area (Å²) in [5.74, 6) is -0.219. The van der Waals surface area contributed by atoms with Gasteiger partial charge in [0.2, 0.25) is 5.89 Å². The van der Waals surface area contributed by atoms with Gasteiger partial charge in [-0.3, -0.25) is 10.1 Å². The second-order valence-corrected chi connectivity index (χ2v) is 7.93. The molecule has 0 fully saturated rings. The van der Waals surface area contributed by atoms with Crippen LogP contribution in [0.5, 0.6) is 0 Å². The van der Waals surface area contributed by atoms with Gasteiger partial charge in [0.05, 0.1) is 5.56 Å². The van der Waals surface area contributed by atoms with Crippen molar-refractivity contribution in [1.29, 1.82) is 0 Å². The predicted octanol–water partition coefficient (Wildman–Crippen LogP) is 6.27. The van der Waals surface area contributed by atoms with Gasteiger partial charge in [-0.25, -0.2) is 9.37 Å². The summed E-state index contributed by atoms with van der Waals surface area (Å²) in [7, 11) is 0. The Morgan fingerprint density at radius 3 is 2.59 bits per heavy atom. The third kappa shape index (κ3) is 4.68. The first-order valence-electron chi connectivity index (χ1n) is 10.3. The van der Waals surface area contributed by atoms with Gasteiger partial charge in [-0.1, -0.05) is 32.0 Å². The van der Waals surface area contributed by atoms with Crippen molar-refractivity contribution in [3.63, 3.8) is 0 Å². The number of anilines is 1. The zero-order valence-electron chi connectivity index (χ0n) is 17.7. The lowest BCUT2D eigenvalue weighted by atomic mass is 9.98. The molecule has 2 N–H and O–H groups in total. The molecule has 4 aromatic rings. The molecule has 0 radical (unpaired) electrons. The van der Waals surface area contributed by atoms with Crippen molar-refractivity contribution in [2.45, 2.75) is 26.2 Å². The van der Waals surface area contributed by atoms with E-state index in [1.54, 1.807) is 18.2 Å². The van der Waals surface area contributed by atoms with Gasteiger partial charge in [-0.05, 0) is 78.7 Å². The van der Waals surface area contributed by atoms with E-state index in [1.165, 1.54) is 23.8 Å². The van der Waals surface area contributed by atoms with E-state index in [9.17, 15) is 9.18 Å². The Hall–Kier alpha value is -3.58. The number of thiocarbonyl (C=S) groups is 1. The van der Waals surface area contributed by atoms with E-state index in [-0.39, 0.29) is 10.7 Å². The number of hydrogen-bond donors (Lipinski definition) is 2. The standard InChI is InChI=1S/C25H22FN3O2S/c1-3-15(2)17-10-13-22-21(14-17)28-24(31-22)16-8-11-18(12-9-16)27-25(32)29-23(30)19-6-4-5-7-20(19)26/h4-15H,3H2,1-2H3,(H2,27,29,30,32)/t15-/m1/s1. The molecule has 4 rings (SSSR count). The molecule has 1 heterocycles. The fraction of sp³-hybridized carbons (Fsp3) is 0.160. The molecule has 0 aliphatic heterocycles. The van der Waals surface area contributed by atoms with Crippen LogP contribution in [-0.2, 0) is 0 Å². The lowest BCUT2D eigenvalue weighted by Crippen LogP contribution is -2.34. The van der Waals surface area contributed by atoms with Crippen molar-refractivity contribution in [1.82, 2.24) is 10.3 Å². The quantitative estimate of drug-likeness (QED) is 0.353. The van der Waals surface area contributed by atoms with Gasteiger partial charge < -0.3 is 9.73 Å². The second kappa shape index (κ2) is 9.28. The van der Waals surface area contributed by atoms with Gasteiger partial charge in [0.25, 0.3) is 5.91 Å². The van der Waals surface area contributed by atoms with Crippen molar-refractivity contribution in [2.75, 3.05) is 5.32 Å². The number of fused-ring (bicyclic) bond motifs is 1. The molecule has 0 unspecified atom stereocenters. The highest BCUT2D eigenvalue weighted by molar-refractivity contribution is 7.80. The number of carbonyl (C=O) groups excluding carboxylic acids is 1. The van der Waals surface area contributed by atoms with Crippen LogP contribution in [0.2, 0.25) is 0 Å². The number of oxazole rings is 1. The average Bonchev–Trinajstić information content (AvgIpc) is 3.22. The molecule has 0 bridgehead atoms. The van der Waals surface area contributed by atoms with E-state index in [0.717, 1.165) is 23.1 Å². The molecular formula is C25H22FN3O2S. The molecule has 3 aromatic carbocycles. The van der Waals surface area contributed by atoms with Crippen LogP contribution in [0.15, 0.2) is 71.1 Å². The minimum Gasteiger partial charge on any atom is -0.436 e. The number of hydrogen-bond acceptors (Lipinski definition) is 4. The molecule has 32 heavy (non-hydrogen) atoms. The number of nitrogens with zero attached hydrogens (tertiary/aromatic N) is 1. The van der Waals surface area contributed by atoms with Crippen molar-refractivity contribution in [3.8, 4) is 11.5 Å². The van der Waals surface area contributed by atoms with Crippen LogP contribution in [0, 0.1) is 5.82 Å². The molecule has 1 amide bonds. The summed E-state index contributed by atoms with van der Waals surface area (Å²) in [6.07, 6.45) is 1.06. The second-order valence-electron chi connectivity index (χ2n) is 7.52. The van der Waals surface area contributed by atoms with Crippen LogP contribution in [0.3, 0.4) is 0 Å². The Balaban J connectivity index is 1.44. The minimum atomic E-state index is -0.611. The summed E-state index contributed by atoms with van der Waals surface area (Å²) in [5.41, 5.74) is 4.23. The third-order valence-corrected chi connectivity index (χ3v) is 5.53. The Bertz CT molecular complexity index is 1280. The summed E-state index contributed by atoms with van der Waals surface area (Å²) in [4.78, 5) is 16.8. The average molecular weight is 448 g/mol. The van der Waals surface area contributed by atoms with Gasteiger partial charge in [0.15, 0.2) is 10.7 Å². The van der Waals surface area contributed by atoms with E-state index < -0.39 is 11.7 Å². The normalized spacial score (nSPS) is 11.8. The SMILES string of the molecule is CC[C@@H](C)c1ccc2oc(-c3ccc(NC(=S)NC(=O)c4ccccc4F)cc3)nc2c1. The van der Waals surface area contributed by atoms with Crippen molar-refractivity contribution >= 4 is 40.0 Å². The Morgan fingerprint density at radius 2 is 1.88 bits per heavy atom. The van der Waals surface area contributed by atoms with Crippen LogP contribution in [0.1, 0.15) is 42.1 Å². The number of rotatable bonds is 5. The zero-order chi connectivity index (χ0) is 22.7. The molecular weight excluding hydrogens is 425 g/mol. The Kier molecular flexibility index (Phi) is 6.28. The lowest BCUT2D eigenvalue weighted by molar-refractivity contribution is 0.0974. The van der Waals surface area contributed by atoms with Gasteiger partial charge in [0.1, 0.15) is 11.3 Å². The van der Waals surface area contributed by atoms with E-state index in [1.807, 2.05) is 18.2 Å². The first-order valence-corrected chi connectivity index (χ1v) is 10.7. The van der Waals surface area contributed by atoms with E-state index in [0.29, 0.717) is 17.5 Å². The molecule has 162 valence electrons. The van der Waals surface area contributed by atoms with Crippen LogP contribution in [-0.4, -0.2) is 16.0 Å². The summed E-state index contributed by atoms with van der Waals surface area (Å²) < 4.78 is 19.6. The van der Waals surface area contributed by atoms with Crippen LogP contribution >= 0.6 is 12.2 Å². The molecule has 1 aromatic heterocycles. The Labute approximate surface area is 190 Å². The number of aromatic nitrogens is 1. The Morgan fingerprint density at radius 1 is 1.12 bits per heavy atom. The number of benzene rings is 3. The number of halogens is 1.